The molecule has 2 rings (SSSR count). The van der Waals surface area contributed by atoms with Gasteiger partial charge in [-0.05, 0) is 19.1 Å². The van der Waals surface area contributed by atoms with E-state index < -0.39 is 24.3 Å². The lowest BCUT2D eigenvalue weighted by atomic mass is 10.3. The van der Waals surface area contributed by atoms with E-state index in [-0.39, 0.29) is 0 Å². The van der Waals surface area contributed by atoms with Gasteiger partial charge in [-0.2, -0.15) is 26.3 Å². The van der Waals surface area contributed by atoms with Crippen molar-refractivity contribution in [1.29, 1.82) is 0 Å². The molecule has 0 aromatic carbocycles. The highest BCUT2D eigenvalue weighted by Crippen LogP contribution is 2.15. The summed E-state index contributed by atoms with van der Waals surface area (Å²) in [6.45, 7) is 2.52. The Bertz CT molecular complexity index is 730. The number of carboxylic acid groups (broad SMARTS) is 2. The van der Waals surface area contributed by atoms with Crippen LogP contribution in [0, 0.1) is 6.92 Å². The standard InChI is InChI=1S/C9H11N3.2C2HF3O2/c1-6-2-9-7(5-11-6)3-8(4-10)12-9;2*3-2(4,5)1(6)7/h2-3,5,12H,4,10H2,1H3;2*(H,6,7). The summed E-state index contributed by atoms with van der Waals surface area (Å²) in [5, 5.41) is 15.4. The number of aromatic nitrogens is 2. The van der Waals surface area contributed by atoms with E-state index in [0.717, 1.165) is 22.3 Å². The third-order valence-electron chi connectivity index (χ3n) is 2.40. The van der Waals surface area contributed by atoms with Gasteiger partial charge in [0.1, 0.15) is 0 Å². The number of aliphatic carboxylic acids is 2. The lowest BCUT2D eigenvalue weighted by Gasteiger charge is -1.93. The number of alkyl halides is 6. The molecule has 0 amide bonds. The van der Waals surface area contributed by atoms with Crippen LogP contribution in [-0.4, -0.2) is 44.5 Å². The van der Waals surface area contributed by atoms with Crippen molar-refractivity contribution in [2.45, 2.75) is 25.8 Å². The van der Waals surface area contributed by atoms with Crippen LogP contribution in [0.5, 0.6) is 0 Å². The van der Waals surface area contributed by atoms with E-state index in [9.17, 15) is 26.3 Å². The number of halogens is 6. The van der Waals surface area contributed by atoms with E-state index in [2.05, 4.69) is 9.97 Å². The number of fused-ring (bicyclic) bond motifs is 1. The van der Waals surface area contributed by atoms with E-state index >= 15 is 0 Å². The van der Waals surface area contributed by atoms with Crippen LogP contribution >= 0.6 is 0 Å². The summed E-state index contributed by atoms with van der Waals surface area (Å²) < 4.78 is 63.5. The van der Waals surface area contributed by atoms with Gasteiger partial charge >= 0.3 is 24.3 Å². The summed E-state index contributed by atoms with van der Waals surface area (Å²) in [6, 6.07) is 4.05. The number of carboxylic acids is 2. The number of aromatic amines is 1. The van der Waals surface area contributed by atoms with Crippen molar-refractivity contribution in [3.63, 3.8) is 0 Å². The van der Waals surface area contributed by atoms with Crippen molar-refractivity contribution in [2.75, 3.05) is 0 Å². The average molecular weight is 389 g/mol. The summed E-state index contributed by atoms with van der Waals surface area (Å²) in [6.07, 6.45) is -8.31. The molecular weight excluding hydrogens is 376 g/mol. The van der Waals surface area contributed by atoms with Crippen molar-refractivity contribution in [1.82, 2.24) is 9.97 Å². The number of carbonyl (C=O) groups is 2. The van der Waals surface area contributed by atoms with Crippen LogP contribution in [0.2, 0.25) is 0 Å². The number of pyridine rings is 1. The molecule has 0 aliphatic carbocycles. The molecule has 0 aliphatic heterocycles. The molecule has 0 radical (unpaired) electrons. The van der Waals surface area contributed by atoms with Crippen LogP contribution in [0.3, 0.4) is 0 Å². The van der Waals surface area contributed by atoms with E-state index in [0.29, 0.717) is 6.54 Å². The summed E-state index contributed by atoms with van der Waals surface area (Å²) in [7, 11) is 0. The Balaban J connectivity index is 0.000000390. The number of H-pyrrole nitrogens is 1. The first kappa shape index (κ1) is 23.2. The number of nitrogens with two attached hydrogens (primary N) is 1. The van der Waals surface area contributed by atoms with E-state index in [1.165, 1.54) is 0 Å². The summed E-state index contributed by atoms with van der Waals surface area (Å²) in [5.74, 6) is -5.51. The molecule has 0 bridgehead atoms. The summed E-state index contributed by atoms with van der Waals surface area (Å²) in [4.78, 5) is 25.2. The molecule has 0 saturated carbocycles. The van der Waals surface area contributed by atoms with Gasteiger partial charge in [0.15, 0.2) is 0 Å². The Morgan fingerprint density at radius 2 is 1.50 bits per heavy atom. The van der Waals surface area contributed by atoms with Crippen LogP contribution in [0.4, 0.5) is 26.3 Å². The lowest BCUT2D eigenvalue weighted by molar-refractivity contribution is -0.193. The maximum absolute atomic E-state index is 10.6. The molecule has 2 aromatic heterocycles. The molecule has 5 N–H and O–H groups in total. The maximum Gasteiger partial charge on any atom is 0.490 e. The first-order valence-corrected chi connectivity index (χ1v) is 6.43. The quantitative estimate of drug-likeness (QED) is 0.555. The van der Waals surface area contributed by atoms with Gasteiger partial charge in [-0.25, -0.2) is 9.59 Å². The molecule has 0 spiro atoms. The number of hydrogen-bond donors (Lipinski definition) is 4. The largest absolute Gasteiger partial charge is 0.490 e. The van der Waals surface area contributed by atoms with E-state index in [1.54, 1.807) is 0 Å². The minimum Gasteiger partial charge on any atom is -0.475 e. The molecule has 0 saturated heterocycles. The zero-order valence-electron chi connectivity index (χ0n) is 12.9. The van der Waals surface area contributed by atoms with Crippen LogP contribution in [0.1, 0.15) is 11.4 Å². The Morgan fingerprint density at radius 1 is 1.08 bits per heavy atom. The smallest absolute Gasteiger partial charge is 0.475 e. The van der Waals surface area contributed by atoms with Crippen molar-refractivity contribution in [3.05, 3.63) is 29.7 Å². The van der Waals surface area contributed by atoms with Gasteiger partial charge in [-0.1, -0.05) is 0 Å². The molecule has 0 unspecified atom stereocenters. The number of nitrogens with one attached hydrogen (secondary N) is 1. The highest BCUT2D eigenvalue weighted by molar-refractivity contribution is 5.79. The van der Waals surface area contributed by atoms with Gasteiger partial charge in [0.05, 0.1) is 0 Å². The van der Waals surface area contributed by atoms with Crippen molar-refractivity contribution in [2.24, 2.45) is 5.73 Å². The minimum atomic E-state index is -5.08. The first-order chi connectivity index (χ1) is 11.7. The van der Waals surface area contributed by atoms with Crippen molar-refractivity contribution < 1.29 is 46.1 Å². The second-order valence-corrected chi connectivity index (χ2v) is 4.52. The molecule has 13 heteroatoms. The molecule has 7 nitrogen and oxygen atoms in total. The van der Waals surface area contributed by atoms with Gasteiger partial charge in [-0.15, -0.1) is 0 Å². The molecule has 2 aromatic rings. The fraction of sp³-hybridized carbons (Fsp3) is 0.308. The molecule has 2 heterocycles. The Labute approximate surface area is 141 Å². The molecule has 0 atom stereocenters. The molecule has 146 valence electrons. The zero-order chi connectivity index (χ0) is 20.7. The second-order valence-electron chi connectivity index (χ2n) is 4.52. The van der Waals surface area contributed by atoms with Gasteiger partial charge < -0.3 is 20.9 Å². The monoisotopic (exact) mass is 389 g/mol. The minimum absolute atomic E-state index is 0.549. The van der Waals surface area contributed by atoms with Crippen LogP contribution in [0.15, 0.2) is 18.3 Å². The highest BCUT2D eigenvalue weighted by Gasteiger charge is 2.38. The maximum atomic E-state index is 10.6. The third-order valence-corrected chi connectivity index (χ3v) is 2.40. The van der Waals surface area contributed by atoms with Gasteiger partial charge in [0, 0.05) is 35.0 Å². The third kappa shape index (κ3) is 8.32. The topological polar surface area (TPSA) is 129 Å². The molecule has 0 aliphatic rings. The summed E-state index contributed by atoms with van der Waals surface area (Å²) >= 11 is 0. The SMILES string of the molecule is Cc1cc2[nH]c(CN)cc2cn1.O=C(O)C(F)(F)F.O=C(O)C(F)(F)F. The number of aryl methyl sites for hydroxylation is 1. The fourth-order valence-corrected chi connectivity index (χ4v) is 1.30. The van der Waals surface area contributed by atoms with Crippen molar-refractivity contribution in [3.8, 4) is 0 Å². The van der Waals surface area contributed by atoms with Crippen LogP contribution in [0.25, 0.3) is 10.9 Å². The normalized spacial score (nSPS) is 11.1. The Kier molecular flexibility index (Phi) is 8.05. The molecular formula is C13H13F6N3O4. The van der Waals surface area contributed by atoms with E-state index in [1.807, 2.05) is 25.3 Å². The first-order valence-electron chi connectivity index (χ1n) is 6.43. The predicted molar refractivity (Wildman–Crippen MR) is 76.1 cm³/mol. The summed E-state index contributed by atoms with van der Waals surface area (Å²) in [5.41, 5.74) is 8.69. The number of rotatable bonds is 1. The predicted octanol–water partition coefficient (Wildman–Crippen LogP) is 2.60. The Morgan fingerprint density at radius 3 is 1.85 bits per heavy atom. The van der Waals surface area contributed by atoms with Gasteiger partial charge in [0.25, 0.3) is 0 Å². The van der Waals surface area contributed by atoms with Crippen molar-refractivity contribution >= 4 is 22.8 Å². The lowest BCUT2D eigenvalue weighted by Crippen LogP contribution is -2.21. The zero-order valence-corrected chi connectivity index (χ0v) is 12.9. The average Bonchev–Trinajstić information content (AvgIpc) is 2.88. The molecule has 0 fully saturated rings. The second kappa shape index (κ2) is 9.03. The van der Waals surface area contributed by atoms with E-state index in [4.69, 9.17) is 25.5 Å². The highest BCUT2D eigenvalue weighted by atomic mass is 19.4. The van der Waals surface area contributed by atoms with Crippen LogP contribution in [-0.2, 0) is 16.1 Å². The molecule has 26 heavy (non-hydrogen) atoms. The fourth-order valence-electron chi connectivity index (χ4n) is 1.30. The van der Waals surface area contributed by atoms with Gasteiger partial charge in [-0.3, -0.25) is 4.98 Å². The Hall–Kier alpha value is -2.83. The number of hydrogen-bond acceptors (Lipinski definition) is 4. The van der Waals surface area contributed by atoms with Gasteiger partial charge in [0.2, 0.25) is 0 Å². The number of nitrogens with zero attached hydrogens (tertiary/aromatic N) is 1. The van der Waals surface area contributed by atoms with Crippen LogP contribution < -0.4 is 5.73 Å².